The van der Waals surface area contributed by atoms with Crippen molar-refractivity contribution in [2.24, 2.45) is 0 Å². The first-order valence-electron chi connectivity index (χ1n) is 10.1. The van der Waals surface area contributed by atoms with Crippen LogP contribution in [0, 0.1) is 18.6 Å². The van der Waals surface area contributed by atoms with Crippen molar-refractivity contribution in [1.29, 1.82) is 0 Å². The Morgan fingerprint density at radius 1 is 1.09 bits per heavy atom. The predicted molar refractivity (Wildman–Crippen MR) is 113 cm³/mol. The molecular formula is C22H17F2N7O. The number of nitrogens with zero attached hydrogens (tertiary/aromatic N) is 6. The van der Waals surface area contributed by atoms with Crippen molar-refractivity contribution < 1.29 is 13.5 Å². The Morgan fingerprint density at radius 3 is 2.91 bits per heavy atom. The molecule has 10 heteroatoms. The third kappa shape index (κ3) is 2.79. The van der Waals surface area contributed by atoms with Gasteiger partial charge < -0.3 is 14.5 Å². The van der Waals surface area contributed by atoms with Crippen molar-refractivity contribution in [3.05, 3.63) is 71.6 Å². The van der Waals surface area contributed by atoms with Crippen LogP contribution in [0.2, 0.25) is 0 Å². The van der Waals surface area contributed by atoms with Crippen LogP contribution in [-0.2, 0) is 13.0 Å². The van der Waals surface area contributed by atoms with Crippen molar-refractivity contribution in [2.45, 2.75) is 19.9 Å². The van der Waals surface area contributed by atoms with Crippen molar-refractivity contribution in [3.63, 3.8) is 0 Å². The summed E-state index contributed by atoms with van der Waals surface area (Å²) in [7, 11) is 0. The van der Waals surface area contributed by atoms with E-state index in [4.69, 9.17) is 4.74 Å². The average molecular weight is 433 g/mol. The molecule has 0 saturated carbocycles. The lowest BCUT2D eigenvalue weighted by Crippen LogP contribution is -2.10. The molecule has 1 aliphatic heterocycles. The van der Waals surface area contributed by atoms with Crippen LogP contribution < -0.4 is 10.1 Å². The highest BCUT2D eigenvalue weighted by Crippen LogP contribution is 2.32. The maximum atomic E-state index is 14.5. The smallest absolute Gasteiger partial charge is 0.210 e. The van der Waals surface area contributed by atoms with E-state index in [1.807, 2.05) is 6.92 Å². The van der Waals surface area contributed by atoms with Crippen LogP contribution in [0.4, 0.5) is 14.7 Å². The maximum absolute atomic E-state index is 14.5. The summed E-state index contributed by atoms with van der Waals surface area (Å²) in [4.78, 5) is 8.91. The molecule has 0 fully saturated rings. The Hall–Kier alpha value is -4.08. The minimum absolute atomic E-state index is 0.224. The number of ether oxygens (including phenoxy) is 1. The van der Waals surface area contributed by atoms with E-state index >= 15 is 0 Å². The van der Waals surface area contributed by atoms with Crippen LogP contribution in [0.25, 0.3) is 22.4 Å². The molecule has 0 amide bonds. The zero-order chi connectivity index (χ0) is 21.8. The van der Waals surface area contributed by atoms with Gasteiger partial charge in [-0.05, 0) is 25.1 Å². The molecule has 4 aromatic heterocycles. The summed E-state index contributed by atoms with van der Waals surface area (Å²) in [5, 5.41) is 11.4. The second kappa shape index (κ2) is 6.98. The SMILES string of the molecule is Cc1cnc2c(-c3cnc(NCc4c(F)ccc5c4CCO5)n4cnnc34)cc(F)cn12. The monoisotopic (exact) mass is 433 g/mol. The number of anilines is 1. The molecule has 0 aliphatic carbocycles. The van der Waals surface area contributed by atoms with Crippen molar-refractivity contribution in [1.82, 2.24) is 29.0 Å². The number of aryl methyl sites for hydroxylation is 1. The van der Waals surface area contributed by atoms with Gasteiger partial charge in [-0.1, -0.05) is 0 Å². The van der Waals surface area contributed by atoms with Gasteiger partial charge in [0.05, 0.1) is 6.61 Å². The average Bonchev–Trinajstić information content (AvgIpc) is 3.53. The number of hydrogen-bond acceptors (Lipinski definition) is 6. The van der Waals surface area contributed by atoms with Gasteiger partial charge in [0.1, 0.15) is 29.4 Å². The molecule has 0 radical (unpaired) electrons. The Balaban J connectivity index is 1.41. The van der Waals surface area contributed by atoms with Crippen molar-refractivity contribution >= 4 is 17.2 Å². The fourth-order valence-electron chi connectivity index (χ4n) is 4.18. The first-order valence-corrected chi connectivity index (χ1v) is 10.1. The zero-order valence-electron chi connectivity index (χ0n) is 17.0. The van der Waals surface area contributed by atoms with Crippen LogP contribution in [0.15, 0.2) is 43.1 Å². The molecule has 5 heterocycles. The van der Waals surface area contributed by atoms with Crippen LogP contribution in [-0.4, -0.2) is 35.6 Å². The number of benzene rings is 1. The van der Waals surface area contributed by atoms with E-state index < -0.39 is 5.82 Å². The van der Waals surface area contributed by atoms with Crippen molar-refractivity contribution in [3.8, 4) is 16.9 Å². The van der Waals surface area contributed by atoms with E-state index in [0.29, 0.717) is 52.7 Å². The Labute approximate surface area is 180 Å². The van der Waals surface area contributed by atoms with Crippen LogP contribution in [0.5, 0.6) is 5.75 Å². The quantitative estimate of drug-likeness (QED) is 0.467. The number of fused-ring (bicyclic) bond motifs is 3. The summed E-state index contributed by atoms with van der Waals surface area (Å²) in [5.74, 6) is 0.460. The predicted octanol–water partition coefficient (Wildman–Crippen LogP) is 3.57. The molecule has 1 aromatic carbocycles. The molecule has 8 nitrogen and oxygen atoms in total. The first kappa shape index (κ1) is 18.7. The van der Waals surface area contributed by atoms with Gasteiger partial charge >= 0.3 is 0 Å². The van der Waals surface area contributed by atoms with Crippen LogP contribution in [0.1, 0.15) is 16.8 Å². The molecule has 1 aliphatic rings. The summed E-state index contributed by atoms with van der Waals surface area (Å²) in [6.07, 6.45) is 6.84. The van der Waals surface area contributed by atoms with E-state index in [1.54, 1.807) is 27.3 Å². The van der Waals surface area contributed by atoms with Crippen molar-refractivity contribution in [2.75, 3.05) is 11.9 Å². The zero-order valence-corrected chi connectivity index (χ0v) is 17.0. The Bertz CT molecular complexity index is 1510. The lowest BCUT2D eigenvalue weighted by Gasteiger charge is -2.13. The molecule has 32 heavy (non-hydrogen) atoms. The Kier molecular flexibility index (Phi) is 4.07. The highest BCUT2D eigenvalue weighted by atomic mass is 19.1. The second-order valence-electron chi connectivity index (χ2n) is 7.64. The minimum Gasteiger partial charge on any atom is -0.493 e. The Morgan fingerprint density at radius 2 is 2.00 bits per heavy atom. The fraction of sp³-hybridized carbons (Fsp3) is 0.182. The molecule has 1 N–H and O–H groups in total. The number of hydrogen-bond donors (Lipinski definition) is 1. The number of rotatable bonds is 4. The summed E-state index contributed by atoms with van der Waals surface area (Å²) in [5.41, 5.74) is 4.45. The highest BCUT2D eigenvalue weighted by molar-refractivity contribution is 5.86. The molecule has 0 saturated heterocycles. The maximum Gasteiger partial charge on any atom is 0.210 e. The normalized spacial score (nSPS) is 13.0. The first-order chi connectivity index (χ1) is 15.6. The molecular weight excluding hydrogens is 416 g/mol. The minimum atomic E-state index is -0.399. The molecule has 0 unspecified atom stereocenters. The van der Waals surface area contributed by atoms with Gasteiger partial charge in [0.15, 0.2) is 5.65 Å². The van der Waals surface area contributed by atoms with Crippen LogP contribution >= 0.6 is 0 Å². The van der Waals surface area contributed by atoms with Gasteiger partial charge in [-0.25, -0.2) is 18.7 Å². The molecule has 0 atom stereocenters. The van der Waals surface area contributed by atoms with E-state index in [2.05, 4.69) is 25.5 Å². The fourth-order valence-corrected chi connectivity index (χ4v) is 4.18. The lowest BCUT2D eigenvalue weighted by molar-refractivity contribution is 0.356. The highest BCUT2D eigenvalue weighted by Gasteiger charge is 2.21. The van der Waals surface area contributed by atoms with E-state index in [9.17, 15) is 8.78 Å². The number of pyridine rings is 1. The van der Waals surface area contributed by atoms with Gasteiger partial charge in [0.2, 0.25) is 5.95 Å². The van der Waals surface area contributed by atoms with E-state index in [-0.39, 0.29) is 12.4 Å². The van der Waals surface area contributed by atoms with Gasteiger partial charge in [-0.15, -0.1) is 10.2 Å². The third-order valence-electron chi connectivity index (χ3n) is 5.74. The van der Waals surface area contributed by atoms with E-state index in [0.717, 1.165) is 11.3 Å². The second-order valence-corrected chi connectivity index (χ2v) is 7.64. The largest absolute Gasteiger partial charge is 0.493 e. The number of nitrogens with one attached hydrogen (secondary N) is 1. The van der Waals surface area contributed by atoms with Crippen LogP contribution in [0.3, 0.4) is 0 Å². The van der Waals surface area contributed by atoms with Gasteiger partial charge in [-0.3, -0.25) is 4.40 Å². The number of aromatic nitrogens is 6. The van der Waals surface area contributed by atoms with Gasteiger partial charge in [-0.2, -0.15) is 0 Å². The molecule has 0 bridgehead atoms. The lowest BCUT2D eigenvalue weighted by atomic mass is 10.0. The van der Waals surface area contributed by atoms with E-state index in [1.165, 1.54) is 24.7 Å². The molecule has 160 valence electrons. The van der Waals surface area contributed by atoms with Gasteiger partial charge in [0.25, 0.3) is 0 Å². The number of halogens is 2. The standard InChI is InChI=1S/C22H17F2N7O/c1-12-7-25-20-15(6-13(23)10-30(12)20)17-9-27-22(31-11-28-29-21(17)31)26-8-16-14-4-5-32-19(14)3-2-18(16)24/h2-3,6-7,9-11H,4-5,8H2,1H3,(H,26,27). The topological polar surface area (TPSA) is 81.6 Å². The van der Waals surface area contributed by atoms with Gasteiger partial charge in [0, 0.05) is 59.5 Å². The summed E-state index contributed by atoms with van der Waals surface area (Å²) < 4.78 is 37.7. The number of imidazole rings is 1. The molecule has 6 rings (SSSR count). The summed E-state index contributed by atoms with van der Waals surface area (Å²) in [6.45, 7) is 2.62. The summed E-state index contributed by atoms with van der Waals surface area (Å²) >= 11 is 0. The third-order valence-corrected chi connectivity index (χ3v) is 5.74. The molecule has 0 spiro atoms. The molecule has 5 aromatic rings. The summed E-state index contributed by atoms with van der Waals surface area (Å²) in [6, 6.07) is 4.47.